The van der Waals surface area contributed by atoms with E-state index in [1.165, 1.54) is 0 Å². The average molecular weight is 381 g/mol. The van der Waals surface area contributed by atoms with Crippen molar-refractivity contribution in [3.05, 3.63) is 78.4 Å². The summed E-state index contributed by atoms with van der Waals surface area (Å²) >= 11 is 0. The molecule has 0 unspecified atom stereocenters. The Hall–Kier alpha value is -2.43. The maximum atomic E-state index is 12.2. The molecule has 0 spiro atoms. The van der Waals surface area contributed by atoms with Gasteiger partial charge in [-0.25, -0.2) is 0 Å². The molecule has 2 atom stereocenters. The highest BCUT2D eigenvalue weighted by Gasteiger charge is 2.24. The number of carbonyl (C=O) groups excluding carboxylic acids is 1. The number of carbonyl (C=O) groups is 1. The molecule has 1 aromatic carbocycles. The first-order valence-corrected chi connectivity index (χ1v) is 9.98. The summed E-state index contributed by atoms with van der Waals surface area (Å²) in [4.78, 5) is 14.1. The maximum Gasteiger partial charge on any atom is 0.224 e. The summed E-state index contributed by atoms with van der Waals surface area (Å²) in [5.74, 6) is 0.0492. The molecular formula is C24H32N2O2. The Kier molecular flexibility index (Phi) is 8.92. The summed E-state index contributed by atoms with van der Waals surface area (Å²) in [6.07, 6.45) is 13.7. The van der Waals surface area contributed by atoms with Gasteiger partial charge in [0.1, 0.15) is 0 Å². The van der Waals surface area contributed by atoms with E-state index in [2.05, 4.69) is 12.7 Å². The molecule has 4 nitrogen and oxygen atoms in total. The number of aliphatic hydroxyl groups is 1. The Morgan fingerprint density at radius 1 is 1.25 bits per heavy atom. The normalized spacial score (nSPS) is 17.4. The van der Waals surface area contributed by atoms with Crippen molar-refractivity contribution in [3.8, 4) is 0 Å². The molecular weight excluding hydrogens is 348 g/mol. The predicted molar refractivity (Wildman–Crippen MR) is 117 cm³/mol. The van der Waals surface area contributed by atoms with Crippen molar-refractivity contribution in [2.24, 2.45) is 5.73 Å². The summed E-state index contributed by atoms with van der Waals surface area (Å²) in [6.45, 7) is 7.29. The Bertz CT molecular complexity index is 725. The van der Waals surface area contributed by atoms with Crippen LogP contribution in [0.4, 0.5) is 0 Å². The van der Waals surface area contributed by atoms with Gasteiger partial charge in [-0.15, -0.1) is 0 Å². The minimum atomic E-state index is -0.738. The summed E-state index contributed by atoms with van der Waals surface area (Å²) in [6, 6.07) is 7.53. The van der Waals surface area contributed by atoms with E-state index >= 15 is 0 Å². The highest BCUT2D eigenvalue weighted by Crippen LogP contribution is 2.19. The van der Waals surface area contributed by atoms with Crippen LogP contribution >= 0.6 is 0 Å². The van der Waals surface area contributed by atoms with E-state index in [0.29, 0.717) is 6.42 Å². The molecule has 150 valence electrons. The molecule has 0 saturated carbocycles. The van der Waals surface area contributed by atoms with Gasteiger partial charge in [-0.2, -0.15) is 0 Å². The van der Waals surface area contributed by atoms with Crippen molar-refractivity contribution in [1.82, 2.24) is 4.90 Å². The number of rotatable bonds is 9. The number of hydrogen-bond acceptors (Lipinski definition) is 3. The molecule has 2 rings (SSSR count). The lowest BCUT2D eigenvalue weighted by atomic mass is 9.97. The van der Waals surface area contributed by atoms with Crippen molar-refractivity contribution in [1.29, 1.82) is 0 Å². The van der Waals surface area contributed by atoms with Crippen molar-refractivity contribution in [2.75, 3.05) is 13.1 Å². The van der Waals surface area contributed by atoms with Gasteiger partial charge in [0, 0.05) is 25.6 Å². The van der Waals surface area contributed by atoms with Crippen molar-refractivity contribution >= 4 is 11.5 Å². The molecule has 1 aliphatic rings. The van der Waals surface area contributed by atoms with Gasteiger partial charge in [0.15, 0.2) is 0 Å². The van der Waals surface area contributed by atoms with E-state index in [9.17, 15) is 9.90 Å². The first kappa shape index (κ1) is 21.9. The highest BCUT2D eigenvalue weighted by atomic mass is 16.3. The molecule has 1 saturated heterocycles. The van der Waals surface area contributed by atoms with Crippen LogP contribution in [0, 0.1) is 0 Å². The second-order valence-corrected chi connectivity index (χ2v) is 7.17. The van der Waals surface area contributed by atoms with E-state index in [4.69, 9.17) is 5.73 Å². The monoisotopic (exact) mass is 380 g/mol. The summed E-state index contributed by atoms with van der Waals surface area (Å²) in [5.41, 5.74) is 9.28. The number of amides is 1. The summed E-state index contributed by atoms with van der Waals surface area (Å²) in [5, 5.41) is 10.4. The molecule has 0 bridgehead atoms. The quantitative estimate of drug-likeness (QED) is 0.643. The van der Waals surface area contributed by atoms with Gasteiger partial charge in [0.25, 0.3) is 0 Å². The maximum absolute atomic E-state index is 12.2. The smallest absolute Gasteiger partial charge is 0.224 e. The molecule has 1 aliphatic heterocycles. The fourth-order valence-electron chi connectivity index (χ4n) is 3.32. The number of allylic oxidation sites excluding steroid dienone is 7. The second kappa shape index (κ2) is 11.4. The fourth-order valence-corrected chi connectivity index (χ4v) is 3.32. The van der Waals surface area contributed by atoms with Gasteiger partial charge in [-0.3, -0.25) is 4.79 Å². The van der Waals surface area contributed by atoms with Gasteiger partial charge < -0.3 is 15.7 Å². The molecule has 1 amide bonds. The SMILES string of the molecule is C=C\C=C/C=C(\C=C/C)c1ccc(C[C@H](O)[C@@H](N)CC(=O)N2CCCC2)cc1. The number of aliphatic hydroxyl groups excluding tert-OH is 1. The van der Waals surface area contributed by atoms with E-state index in [-0.39, 0.29) is 12.3 Å². The molecule has 28 heavy (non-hydrogen) atoms. The van der Waals surface area contributed by atoms with Crippen LogP contribution in [0.3, 0.4) is 0 Å². The lowest BCUT2D eigenvalue weighted by molar-refractivity contribution is -0.131. The molecule has 1 aromatic rings. The van der Waals surface area contributed by atoms with E-state index in [0.717, 1.165) is 42.6 Å². The van der Waals surface area contributed by atoms with Crippen LogP contribution in [0.1, 0.15) is 37.3 Å². The third kappa shape index (κ3) is 6.63. The number of nitrogens with two attached hydrogens (primary N) is 1. The highest BCUT2D eigenvalue weighted by molar-refractivity contribution is 5.77. The molecule has 0 radical (unpaired) electrons. The molecule has 4 heteroatoms. The van der Waals surface area contributed by atoms with Crippen LogP contribution in [0.5, 0.6) is 0 Å². The van der Waals surface area contributed by atoms with E-state index in [1.807, 2.05) is 60.4 Å². The van der Waals surface area contributed by atoms with Crippen LogP contribution in [0.15, 0.2) is 67.3 Å². The van der Waals surface area contributed by atoms with Crippen LogP contribution in [-0.2, 0) is 11.2 Å². The zero-order valence-corrected chi connectivity index (χ0v) is 16.8. The molecule has 1 fully saturated rings. The molecule has 0 aromatic heterocycles. The van der Waals surface area contributed by atoms with Gasteiger partial charge in [-0.05, 0) is 42.9 Å². The number of hydrogen-bond donors (Lipinski definition) is 2. The number of likely N-dealkylation sites (tertiary alicyclic amines) is 1. The van der Waals surface area contributed by atoms with Crippen molar-refractivity contribution in [2.45, 2.75) is 44.8 Å². The Balaban J connectivity index is 1.96. The van der Waals surface area contributed by atoms with Gasteiger partial charge >= 0.3 is 0 Å². The summed E-state index contributed by atoms with van der Waals surface area (Å²) < 4.78 is 0. The van der Waals surface area contributed by atoms with Crippen LogP contribution in [0.25, 0.3) is 5.57 Å². The third-order valence-corrected chi connectivity index (χ3v) is 4.96. The lowest BCUT2D eigenvalue weighted by Gasteiger charge is -2.22. The zero-order valence-electron chi connectivity index (χ0n) is 16.8. The lowest BCUT2D eigenvalue weighted by Crippen LogP contribution is -2.41. The van der Waals surface area contributed by atoms with Crippen LogP contribution in [-0.4, -0.2) is 41.1 Å². The first-order valence-electron chi connectivity index (χ1n) is 9.98. The minimum Gasteiger partial charge on any atom is -0.391 e. The average Bonchev–Trinajstić information content (AvgIpc) is 3.23. The first-order chi connectivity index (χ1) is 13.5. The zero-order chi connectivity index (χ0) is 20.4. The minimum absolute atomic E-state index is 0.0492. The summed E-state index contributed by atoms with van der Waals surface area (Å²) in [7, 11) is 0. The molecule has 3 N–H and O–H groups in total. The van der Waals surface area contributed by atoms with E-state index in [1.54, 1.807) is 6.08 Å². The fraction of sp³-hybridized carbons (Fsp3) is 0.375. The van der Waals surface area contributed by atoms with Crippen molar-refractivity contribution in [3.63, 3.8) is 0 Å². The molecule has 0 aliphatic carbocycles. The van der Waals surface area contributed by atoms with Gasteiger partial charge in [0.05, 0.1) is 6.10 Å². The largest absolute Gasteiger partial charge is 0.391 e. The van der Waals surface area contributed by atoms with Crippen LogP contribution in [0.2, 0.25) is 0 Å². The van der Waals surface area contributed by atoms with Gasteiger partial charge in [0.2, 0.25) is 5.91 Å². The van der Waals surface area contributed by atoms with Crippen LogP contribution < -0.4 is 5.73 Å². The predicted octanol–water partition coefficient (Wildman–Crippen LogP) is 3.63. The number of benzene rings is 1. The van der Waals surface area contributed by atoms with E-state index < -0.39 is 12.1 Å². The Labute approximate surface area is 168 Å². The Morgan fingerprint density at radius 3 is 2.54 bits per heavy atom. The topological polar surface area (TPSA) is 66.6 Å². The molecule has 1 heterocycles. The number of nitrogens with zero attached hydrogens (tertiary/aromatic N) is 1. The van der Waals surface area contributed by atoms with Crippen molar-refractivity contribution < 1.29 is 9.90 Å². The third-order valence-electron chi connectivity index (χ3n) is 4.96. The van der Waals surface area contributed by atoms with Gasteiger partial charge in [-0.1, -0.05) is 67.3 Å². The standard InChI is InChI=1S/C24H32N2O2/c1-3-5-6-10-20(9-4-2)21-13-11-19(12-14-21)17-23(27)22(25)18-24(28)26-15-7-8-16-26/h3-6,9-14,22-23,27H,1,7-8,15-18,25H2,2H3/b6-5-,9-4-,20-10+/t22-,23-/m0/s1. The second-order valence-electron chi connectivity index (χ2n) is 7.17. The Morgan fingerprint density at radius 2 is 1.93 bits per heavy atom.